The molecule has 0 bridgehead atoms. The standard InChI is InChI=1S/C19H27N3O3/c1-13(2)22(14(3)4)18(24)11-21-17-9-7-6-8-16(17)20(12-23)10-15(5)19(21)25/h6-9,12-15H,10-11H2,1-5H3. The molecule has 1 aliphatic heterocycles. The number of fused-ring (bicyclic) bond motifs is 1. The number of carbonyl (C=O) groups is 3. The molecule has 0 fully saturated rings. The Morgan fingerprint density at radius 3 is 2.28 bits per heavy atom. The molecule has 3 amide bonds. The second-order valence-electron chi connectivity index (χ2n) is 7.06. The van der Waals surface area contributed by atoms with Crippen LogP contribution in [0, 0.1) is 5.92 Å². The lowest BCUT2D eigenvalue weighted by molar-refractivity contribution is -0.135. The zero-order valence-electron chi connectivity index (χ0n) is 15.6. The Morgan fingerprint density at radius 1 is 1.20 bits per heavy atom. The number of carbonyl (C=O) groups excluding carboxylic acids is 3. The quantitative estimate of drug-likeness (QED) is 0.769. The van der Waals surface area contributed by atoms with Gasteiger partial charge in [0.2, 0.25) is 18.2 Å². The molecule has 1 unspecified atom stereocenters. The lowest BCUT2D eigenvalue weighted by Gasteiger charge is -2.33. The van der Waals surface area contributed by atoms with Crippen LogP contribution in [0.2, 0.25) is 0 Å². The van der Waals surface area contributed by atoms with Crippen LogP contribution in [-0.4, -0.2) is 48.3 Å². The molecule has 6 heteroatoms. The molecular formula is C19H27N3O3. The lowest BCUT2D eigenvalue weighted by atomic mass is 10.1. The van der Waals surface area contributed by atoms with Gasteiger partial charge in [0.25, 0.3) is 0 Å². The maximum Gasteiger partial charge on any atom is 0.243 e. The van der Waals surface area contributed by atoms with Gasteiger partial charge in [-0.25, -0.2) is 0 Å². The molecule has 1 atom stereocenters. The molecule has 1 heterocycles. The van der Waals surface area contributed by atoms with Crippen LogP contribution in [0.25, 0.3) is 0 Å². The molecule has 0 spiro atoms. The Morgan fingerprint density at radius 2 is 1.76 bits per heavy atom. The Labute approximate surface area is 149 Å². The summed E-state index contributed by atoms with van der Waals surface area (Å²) in [6.45, 7) is 9.93. The predicted octanol–water partition coefficient (Wildman–Crippen LogP) is 2.28. The van der Waals surface area contributed by atoms with Crippen LogP contribution < -0.4 is 9.80 Å². The number of hydrogen-bond acceptors (Lipinski definition) is 3. The first-order valence-electron chi connectivity index (χ1n) is 8.71. The third-order valence-electron chi connectivity index (χ3n) is 4.46. The van der Waals surface area contributed by atoms with Gasteiger partial charge in [-0.2, -0.15) is 0 Å². The molecular weight excluding hydrogens is 318 g/mol. The molecule has 0 saturated carbocycles. The first-order chi connectivity index (χ1) is 11.8. The maximum atomic E-state index is 12.9. The average Bonchev–Trinajstić information content (AvgIpc) is 2.64. The monoisotopic (exact) mass is 345 g/mol. The van der Waals surface area contributed by atoms with Crippen LogP contribution in [0.4, 0.5) is 11.4 Å². The molecule has 0 radical (unpaired) electrons. The summed E-state index contributed by atoms with van der Waals surface area (Å²) < 4.78 is 0. The number of benzene rings is 1. The largest absolute Gasteiger partial charge is 0.336 e. The van der Waals surface area contributed by atoms with Crippen molar-refractivity contribution in [3.8, 4) is 0 Å². The van der Waals surface area contributed by atoms with E-state index in [0.717, 1.165) is 6.41 Å². The molecule has 0 aromatic heterocycles. The molecule has 0 aliphatic carbocycles. The van der Waals surface area contributed by atoms with Gasteiger partial charge in [-0.15, -0.1) is 0 Å². The summed E-state index contributed by atoms with van der Waals surface area (Å²) in [6, 6.07) is 7.32. The van der Waals surface area contributed by atoms with Crippen molar-refractivity contribution in [2.24, 2.45) is 5.92 Å². The van der Waals surface area contributed by atoms with Crippen molar-refractivity contribution in [1.82, 2.24) is 4.90 Å². The molecule has 136 valence electrons. The van der Waals surface area contributed by atoms with Gasteiger partial charge in [0.1, 0.15) is 6.54 Å². The van der Waals surface area contributed by atoms with Gasteiger partial charge in [-0.3, -0.25) is 14.4 Å². The van der Waals surface area contributed by atoms with Crippen molar-refractivity contribution in [2.75, 3.05) is 22.9 Å². The summed E-state index contributed by atoms with van der Waals surface area (Å²) in [5.74, 6) is -0.616. The third kappa shape index (κ3) is 3.83. The first kappa shape index (κ1) is 19.0. The fourth-order valence-electron chi connectivity index (χ4n) is 3.44. The van der Waals surface area contributed by atoms with Crippen LogP contribution in [0.1, 0.15) is 34.6 Å². The minimum Gasteiger partial charge on any atom is -0.336 e. The molecule has 1 aliphatic rings. The van der Waals surface area contributed by atoms with Crippen LogP contribution in [-0.2, 0) is 14.4 Å². The number of amides is 3. The average molecular weight is 345 g/mol. The van der Waals surface area contributed by atoms with E-state index in [0.29, 0.717) is 17.9 Å². The predicted molar refractivity (Wildman–Crippen MR) is 98.5 cm³/mol. The summed E-state index contributed by atoms with van der Waals surface area (Å²) in [5, 5.41) is 0. The van der Waals surface area contributed by atoms with Gasteiger partial charge >= 0.3 is 0 Å². The number of rotatable bonds is 5. The van der Waals surface area contributed by atoms with E-state index in [4.69, 9.17) is 0 Å². The first-order valence-corrected chi connectivity index (χ1v) is 8.71. The number of para-hydroxylation sites is 2. The van der Waals surface area contributed by atoms with E-state index in [-0.39, 0.29) is 36.4 Å². The topological polar surface area (TPSA) is 60.9 Å². The minimum atomic E-state index is -0.378. The molecule has 2 rings (SSSR count). The van der Waals surface area contributed by atoms with E-state index in [2.05, 4.69) is 0 Å². The number of hydrogen-bond donors (Lipinski definition) is 0. The zero-order chi connectivity index (χ0) is 18.7. The number of nitrogens with zero attached hydrogens (tertiary/aromatic N) is 3. The summed E-state index contributed by atoms with van der Waals surface area (Å²) in [6.07, 6.45) is 0.739. The smallest absolute Gasteiger partial charge is 0.243 e. The van der Waals surface area contributed by atoms with Gasteiger partial charge in [-0.1, -0.05) is 19.1 Å². The van der Waals surface area contributed by atoms with E-state index in [1.54, 1.807) is 24.0 Å². The highest BCUT2D eigenvalue weighted by Gasteiger charge is 2.33. The minimum absolute atomic E-state index is 0.0246. The lowest BCUT2D eigenvalue weighted by Crippen LogP contribution is -2.49. The Balaban J connectivity index is 2.41. The third-order valence-corrected chi connectivity index (χ3v) is 4.46. The van der Waals surface area contributed by atoms with Crippen molar-refractivity contribution in [1.29, 1.82) is 0 Å². The van der Waals surface area contributed by atoms with E-state index < -0.39 is 0 Å². The molecule has 0 saturated heterocycles. The van der Waals surface area contributed by atoms with Gasteiger partial charge in [-0.05, 0) is 39.8 Å². The second kappa shape index (κ2) is 7.68. The van der Waals surface area contributed by atoms with Crippen molar-refractivity contribution in [3.05, 3.63) is 24.3 Å². The highest BCUT2D eigenvalue weighted by molar-refractivity contribution is 6.05. The second-order valence-corrected chi connectivity index (χ2v) is 7.06. The SMILES string of the molecule is CC1CN(C=O)c2ccccc2N(CC(=O)N(C(C)C)C(C)C)C1=O. The van der Waals surface area contributed by atoms with Crippen molar-refractivity contribution in [3.63, 3.8) is 0 Å². The highest BCUT2D eigenvalue weighted by Crippen LogP contribution is 2.33. The normalized spacial score (nSPS) is 17.6. The van der Waals surface area contributed by atoms with Crippen LogP contribution in [0.15, 0.2) is 24.3 Å². The van der Waals surface area contributed by atoms with Gasteiger partial charge in [0, 0.05) is 18.6 Å². The summed E-state index contributed by atoms with van der Waals surface area (Å²) in [5.41, 5.74) is 1.26. The highest BCUT2D eigenvalue weighted by atomic mass is 16.2. The number of anilines is 2. The molecule has 1 aromatic rings. The Kier molecular flexibility index (Phi) is 5.82. The van der Waals surface area contributed by atoms with Gasteiger partial charge in [0.05, 0.1) is 17.3 Å². The fourth-order valence-corrected chi connectivity index (χ4v) is 3.44. The molecule has 0 N–H and O–H groups in total. The molecule has 25 heavy (non-hydrogen) atoms. The van der Waals surface area contributed by atoms with E-state index in [1.165, 1.54) is 9.80 Å². The molecule has 1 aromatic carbocycles. The fraction of sp³-hybridized carbons (Fsp3) is 0.526. The van der Waals surface area contributed by atoms with Gasteiger partial charge < -0.3 is 14.7 Å². The maximum absolute atomic E-state index is 12.9. The van der Waals surface area contributed by atoms with Crippen LogP contribution in [0.3, 0.4) is 0 Å². The Bertz CT molecular complexity index is 649. The zero-order valence-corrected chi connectivity index (χ0v) is 15.6. The summed E-state index contributed by atoms with van der Waals surface area (Å²) in [7, 11) is 0. The van der Waals surface area contributed by atoms with Crippen molar-refractivity contribution >= 4 is 29.6 Å². The van der Waals surface area contributed by atoms with Crippen molar-refractivity contribution in [2.45, 2.75) is 46.7 Å². The van der Waals surface area contributed by atoms with E-state index in [9.17, 15) is 14.4 Å². The summed E-state index contributed by atoms with van der Waals surface area (Å²) >= 11 is 0. The summed E-state index contributed by atoms with van der Waals surface area (Å²) in [4.78, 5) is 42.0. The van der Waals surface area contributed by atoms with Crippen molar-refractivity contribution < 1.29 is 14.4 Å². The van der Waals surface area contributed by atoms with Crippen LogP contribution in [0.5, 0.6) is 0 Å². The van der Waals surface area contributed by atoms with Gasteiger partial charge in [0.15, 0.2) is 0 Å². The Hall–Kier alpha value is -2.37. The van der Waals surface area contributed by atoms with E-state index >= 15 is 0 Å². The van der Waals surface area contributed by atoms with E-state index in [1.807, 2.05) is 39.8 Å². The van der Waals surface area contributed by atoms with Crippen LogP contribution >= 0.6 is 0 Å². The molecule has 6 nitrogen and oxygen atoms in total.